The van der Waals surface area contributed by atoms with Gasteiger partial charge in [0.2, 0.25) is 0 Å². The molecule has 0 bridgehead atoms. The number of benzene rings is 15. The van der Waals surface area contributed by atoms with Gasteiger partial charge in [-0.3, -0.25) is 9.97 Å². The summed E-state index contributed by atoms with van der Waals surface area (Å²) in [6, 6.07) is 113. The Bertz CT molecular complexity index is 6680. The molecule has 4 aromatic heterocycles. The van der Waals surface area contributed by atoms with E-state index in [1.54, 1.807) is 0 Å². The third kappa shape index (κ3) is 9.22. The van der Waals surface area contributed by atoms with Crippen molar-refractivity contribution >= 4 is 97.3 Å². The highest BCUT2D eigenvalue weighted by Gasteiger charge is 2.41. The predicted octanol–water partition coefficient (Wildman–Crippen LogP) is 25.9. The summed E-state index contributed by atoms with van der Waals surface area (Å²) in [6.45, 7) is 9.37. The van der Waals surface area contributed by atoms with Crippen molar-refractivity contribution in [2.24, 2.45) is 0 Å². The first-order chi connectivity index (χ1) is 50.1. The van der Waals surface area contributed by atoms with E-state index in [4.69, 9.17) is 9.97 Å². The number of aromatic nitrogens is 4. The third-order valence-corrected chi connectivity index (χ3v) is 22.4. The summed E-state index contributed by atoms with van der Waals surface area (Å²) in [5.74, 6) is 0. The van der Waals surface area contributed by atoms with Gasteiger partial charge in [-0.05, 0) is 209 Å². The first-order valence-electron chi connectivity index (χ1n) is 35.4. The van der Waals surface area contributed by atoms with Crippen LogP contribution in [0, 0.1) is 0 Å². The van der Waals surface area contributed by atoms with Crippen molar-refractivity contribution in [3.8, 4) is 89.3 Å². The van der Waals surface area contributed by atoms with Crippen LogP contribution in [-0.4, -0.2) is 19.9 Å². The minimum Gasteiger partial charge on any atom is -0.264 e. The molecule has 0 unspecified atom stereocenters. The molecule has 0 saturated heterocycles. The van der Waals surface area contributed by atoms with Gasteiger partial charge in [-0.15, -0.1) is 0 Å². The van der Waals surface area contributed by atoms with Gasteiger partial charge in [0, 0.05) is 62.3 Å². The monoisotopic (exact) mass is 1300 g/mol. The zero-order valence-corrected chi connectivity index (χ0v) is 57.0. The highest BCUT2D eigenvalue weighted by atomic mass is 14.7. The van der Waals surface area contributed by atoms with Gasteiger partial charge < -0.3 is 0 Å². The molecule has 2 aliphatic carbocycles. The van der Waals surface area contributed by atoms with E-state index in [9.17, 15) is 0 Å². The highest BCUT2D eigenvalue weighted by Crippen LogP contribution is 2.55. The van der Waals surface area contributed by atoms with Gasteiger partial charge in [0.1, 0.15) is 0 Å². The van der Waals surface area contributed by atoms with Crippen molar-refractivity contribution < 1.29 is 0 Å². The van der Waals surface area contributed by atoms with Gasteiger partial charge in [-0.25, -0.2) is 9.97 Å². The van der Waals surface area contributed by atoms with E-state index < -0.39 is 0 Å². The van der Waals surface area contributed by atoms with Crippen molar-refractivity contribution in [2.75, 3.05) is 0 Å². The molecule has 0 N–H and O–H groups in total. The fraction of sp³-hybridized carbons (Fsp3) is 0.0612. The number of nitrogens with zero attached hydrogens (tertiary/aromatic N) is 4. The third-order valence-electron chi connectivity index (χ3n) is 22.4. The number of rotatable bonds is 6. The average molecular weight is 1300 g/mol. The molecule has 0 spiro atoms. The Labute approximate surface area is 591 Å². The van der Waals surface area contributed by atoms with Crippen molar-refractivity contribution in [2.45, 2.75) is 38.5 Å². The molecule has 0 atom stereocenters. The van der Waals surface area contributed by atoms with E-state index in [0.717, 1.165) is 38.9 Å². The predicted molar refractivity (Wildman–Crippen MR) is 429 cm³/mol. The molecule has 4 nitrogen and oxygen atoms in total. The lowest BCUT2D eigenvalue weighted by Gasteiger charge is -2.25. The average Bonchev–Trinajstić information content (AvgIpc) is 1.51. The maximum atomic E-state index is 5.25. The van der Waals surface area contributed by atoms with Gasteiger partial charge in [-0.2, -0.15) is 0 Å². The van der Waals surface area contributed by atoms with Crippen LogP contribution >= 0.6 is 0 Å². The van der Waals surface area contributed by atoms with Crippen molar-refractivity contribution in [1.82, 2.24) is 19.9 Å². The molecule has 0 amide bonds. The molecular formula is C98H66N4. The summed E-state index contributed by atoms with van der Waals surface area (Å²) in [4.78, 5) is 19.4. The molecule has 4 heteroatoms. The highest BCUT2D eigenvalue weighted by molar-refractivity contribution is 6.28. The van der Waals surface area contributed by atoms with E-state index in [0.29, 0.717) is 0 Å². The Hall–Kier alpha value is -12.8. The maximum absolute atomic E-state index is 5.25. The minimum atomic E-state index is -0.160. The van der Waals surface area contributed by atoms with Crippen LogP contribution in [0.2, 0.25) is 0 Å². The zero-order valence-electron chi connectivity index (χ0n) is 57.0. The van der Waals surface area contributed by atoms with E-state index in [1.807, 2.05) is 30.7 Å². The molecule has 0 radical (unpaired) electrons. The number of para-hydroxylation sites is 2. The van der Waals surface area contributed by atoms with Crippen LogP contribution in [0.3, 0.4) is 0 Å². The number of fused-ring (bicyclic) bond motifs is 21. The van der Waals surface area contributed by atoms with Gasteiger partial charge in [-0.1, -0.05) is 276 Å². The van der Waals surface area contributed by atoms with Gasteiger partial charge in [0.15, 0.2) is 0 Å². The molecular weight excluding hydrogens is 1230 g/mol. The zero-order chi connectivity index (χ0) is 68.0. The summed E-state index contributed by atoms with van der Waals surface area (Å²) in [5.41, 5.74) is 27.4. The molecule has 15 aromatic carbocycles. The number of pyridine rings is 4. The van der Waals surface area contributed by atoms with Crippen LogP contribution in [0.4, 0.5) is 0 Å². The number of hydrogen-bond donors (Lipinski definition) is 0. The summed E-state index contributed by atoms with van der Waals surface area (Å²) in [6.07, 6.45) is 5.61. The van der Waals surface area contributed by atoms with Crippen molar-refractivity contribution in [1.29, 1.82) is 0 Å². The van der Waals surface area contributed by atoms with Crippen LogP contribution in [0.5, 0.6) is 0 Å². The van der Waals surface area contributed by atoms with Gasteiger partial charge >= 0.3 is 0 Å². The maximum Gasteiger partial charge on any atom is 0.0759 e. The first-order valence-corrected chi connectivity index (χ1v) is 35.4. The van der Waals surface area contributed by atoms with Crippen LogP contribution < -0.4 is 0 Å². The van der Waals surface area contributed by atoms with Crippen LogP contribution in [0.1, 0.15) is 49.9 Å². The van der Waals surface area contributed by atoms with E-state index in [2.05, 4.69) is 335 Å². The summed E-state index contributed by atoms with van der Waals surface area (Å²) in [7, 11) is 0. The fourth-order valence-electron chi connectivity index (χ4n) is 17.4. The normalized spacial score (nSPS) is 13.3. The molecule has 478 valence electrons. The van der Waals surface area contributed by atoms with E-state index in [1.165, 1.54) is 170 Å². The SMILES string of the molecule is CC1(C)c2ccccc2-c2nc3ccccc3c(-c3ccc(-c4ccc5c6ccc(-c7ccc8ncccc8c7)cc6c6ccccc6c5c4)cc3)c21.CC1(C)c2ccccc2-c2nc3ccccc3c(-c3ccc(-c4ccc5c6ccc(-c7cccnc7)cc6c6ccccc6c5c4)cc3)c21. The van der Waals surface area contributed by atoms with Crippen LogP contribution in [0.15, 0.2) is 328 Å². The topological polar surface area (TPSA) is 51.6 Å². The Morgan fingerprint density at radius 1 is 0.235 bits per heavy atom. The second-order valence-corrected chi connectivity index (χ2v) is 28.7. The molecule has 0 fully saturated rings. The number of hydrogen-bond acceptors (Lipinski definition) is 4. The standard InChI is InChI=1S/C51H34N2.C47H32N2/c1-51(2)45-15-7-5-13-41(45)50-49(51)48(42-14-6-8-16-47(42)53-50)32-19-17-31(18-20-32)34-21-24-39-40-25-22-35(33-23-26-46-36(28-33)10-9-27-52-46)30-44(40)38-12-4-3-11-37(38)43(39)29-34;1-47(2)42-15-7-5-13-38(42)46-45(47)44(39-14-6-8-16-43(39)49-46)30-19-17-29(18-20-30)31-21-23-36-37-24-22-32(33-10-9-25-48-28-33)27-41(37)35-12-4-3-11-34(35)40(36)26-31/h3-30H,1-2H3;3-28H,1-2H3. The first kappa shape index (κ1) is 59.3. The Morgan fingerprint density at radius 2 is 0.578 bits per heavy atom. The summed E-state index contributed by atoms with van der Waals surface area (Å²) < 4.78 is 0. The Balaban J connectivity index is 0.000000137. The van der Waals surface area contributed by atoms with Crippen molar-refractivity contribution in [3.63, 3.8) is 0 Å². The van der Waals surface area contributed by atoms with Crippen LogP contribution in [0.25, 0.3) is 187 Å². The molecule has 0 aliphatic heterocycles. The lowest BCUT2D eigenvalue weighted by molar-refractivity contribution is 0.661. The molecule has 2 aliphatic rings. The quantitative estimate of drug-likeness (QED) is 0.156. The second-order valence-electron chi connectivity index (χ2n) is 28.7. The lowest BCUT2D eigenvalue weighted by atomic mass is 9.78. The molecule has 19 aromatic rings. The smallest absolute Gasteiger partial charge is 0.0759 e. The molecule has 21 rings (SSSR count). The fourth-order valence-corrected chi connectivity index (χ4v) is 17.4. The van der Waals surface area contributed by atoms with Gasteiger partial charge in [0.25, 0.3) is 0 Å². The minimum absolute atomic E-state index is 0.155. The molecule has 0 saturated carbocycles. The van der Waals surface area contributed by atoms with E-state index in [-0.39, 0.29) is 10.8 Å². The Kier molecular flexibility index (Phi) is 13.3. The van der Waals surface area contributed by atoms with Gasteiger partial charge in [0.05, 0.1) is 27.9 Å². The lowest BCUT2D eigenvalue weighted by Crippen LogP contribution is -2.16. The molecule has 102 heavy (non-hydrogen) atoms. The largest absolute Gasteiger partial charge is 0.264 e. The summed E-state index contributed by atoms with van der Waals surface area (Å²) >= 11 is 0. The summed E-state index contributed by atoms with van der Waals surface area (Å²) in [5, 5.41) is 18.8. The Morgan fingerprint density at radius 3 is 1.02 bits per heavy atom. The van der Waals surface area contributed by atoms with Crippen molar-refractivity contribution in [3.05, 3.63) is 350 Å². The van der Waals surface area contributed by atoms with Crippen LogP contribution in [-0.2, 0) is 10.8 Å². The van der Waals surface area contributed by atoms with E-state index >= 15 is 0 Å². The molecule has 4 heterocycles. The second kappa shape index (κ2) is 22.9.